The molecular weight excluding hydrogens is 222 g/mol. The van der Waals surface area contributed by atoms with Crippen molar-refractivity contribution < 1.29 is 9.35 Å². The van der Waals surface area contributed by atoms with Gasteiger partial charge in [0.15, 0.2) is 0 Å². The Morgan fingerprint density at radius 1 is 1.06 bits per heavy atom. The third kappa shape index (κ3) is 29.2. The normalized spacial score (nSPS) is 9.44. The Morgan fingerprint density at radius 3 is 1.25 bits per heavy atom. The summed E-state index contributed by atoms with van der Waals surface area (Å²) in [6, 6.07) is 0.0255. The number of carbonyl (C=O) groups excluding carboxylic acids is 1. The first kappa shape index (κ1) is 29.7. The molecule has 3 N–H and O–H groups in total. The molecule has 0 aliphatic carbocycles. The maximum absolute atomic E-state index is 8.60. The van der Waals surface area contributed by atoms with Crippen molar-refractivity contribution in [2.75, 3.05) is 0 Å². The first-order valence-corrected chi connectivity index (χ1v) is 6.65. The zero-order valence-electron chi connectivity index (χ0n) is 12.6. The molecule has 0 spiro atoms. The van der Waals surface area contributed by atoms with Gasteiger partial charge in [-0.05, 0) is 32.8 Å². The number of hydrogen-bond donors (Lipinski definition) is 2. The van der Waals surface area contributed by atoms with Crippen LogP contribution in [0.5, 0.6) is 0 Å². The van der Waals surface area contributed by atoms with Gasteiger partial charge in [-0.15, -0.1) is 0 Å². The molecule has 0 amide bonds. The Bertz CT molecular complexity index is 89.1. The highest BCUT2D eigenvalue weighted by Crippen LogP contribution is 2.22. The van der Waals surface area contributed by atoms with E-state index in [1.54, 1.807) is 0 Å². The fraction of sp³-hybridized carbons (Fsp3) is 0.917. The van der Waals surface area contributed by atoms with Crippen LogP contribution in [0.1, 0.15) is 62.3 Å². The van der Waals surface area contributed by atoms with E-state index < -0.39 is 0 Å². The van der Waals surface area contributed by atoms with E-state index in [2.05, 4.69) is 0 Å². The number of carbonyl (C=O) groups is 1. The van der Waals surface area contributed by atoms with Crippen LogP contribution < -0.4 is 5.73 Å². The van der Waals surface area contributed by atoms with Crippen LogP contribution in [-0.2, 0) is 4.79 Å². The van der Waals surface area contributed by atoms with Crippen LogP contribution in [0.2, 0.25) is 0 Å². The highest BCUT2D eigenvalue weighted by atomic mass is 32.2. The Kier molecular flexibility index (Phi) is 54.6. The van der Waals surface area contributed by atoms with Crippen LogP contribution in [0.3, 0.4) is 0 Å². The lowest BCUT2D eigenvalue weighted by atomic mass is 10.1. The lowest BCUT2D eigenvalue weighted by Gasteiger charge is -2.23. The standard InChI is InChI=1S/C5H13NOS.3C2H6.CH2O/c1-4(6)5(2,3)8-7;4*1-2/h4,7H,6H2,1-3H3;3*1-2H3;1H2. The first-order valence-electron chi connectivity index (χ1n) is 5.87. The number of nitrogens with two attached hydrogens (primary N) is 1. The highest BCUT2D eigenvalue weighted by Gasteiger charge is 2.22. The van der Waals surface area contributed by atoms with Gasteiger partial charge >= 0.3 is 0 Å². The van der Waals surface area contributed by atoms with E-state index in [1.807, 2.05) is 69.1 Å². The zero-order chi connectivity index (χ0) is 14.8. The largest absolute Gasteiger partial charge is 0.329 e. The molecular formula is C12H33NO2S. The minimum absolute atomic E-state index is 0.0255. The highest BCUT2D eigenvalue weighted by molar-refractivity contribution is 7.95. The molecule has 0 aromatic heterocycles. The molecule has 0 saturated heterocycles. The minimum Gasteiger partial charge on any atom is -0.329 e. The van der Waals surface area contributed by atoms with Gasteiger partial charge in [-0.3, -0.25) is 0 Å². The van der Waals surface area contributed by atoms with Gasteiger partial charge < -0.3 is 15.1 Å². The van der Waals surface area contributed by atoms with Gasteiger partial charge in [0, 0.05) is 6.04 Å². The van der Waals surface area contributed by atoms with Crippen LogP contribution in [0.15, 0.2) is 0 Å². The lowest BCUT2D eigenvalue weighted by molar-refractivity contribution is -0.0979. The Hall–Kier alpha value is -0.0600. The van der Waals surface area contributed by atoms with Crippen molar-refractivity contribution in [1.82, 2.24) is 0 Å². The topological polar surface area (TPSA) is 63.3 Å². The van der Waals surface area contributed by atoms with Gasteiger partial charge in [0.1, 0.15) is 6.79 Å². The third-order valence-electron chi connectivity index (χ3n) is 1.33. The Labute approximate surface area is 107 Å². The van der Waals surface area contributed by atoms with Gasteiger partial charge in [0.2, 0.25) is 0 Å². The average molecular weight is 255 g/mol. The summed E-state index contributed by atoms with van der Waals surface area (Å²) in [4.78, 5) is 8.00. The monoisotopic (exact) mass is 255 g/mol. The van der Waals surface area contributed by atoms with Crippen molar-refractivity contribution in [2.24, 2.45) is 5.73 Å². The SMILES string of the molecule is C=O.CC.CC.CC.CC(N)C(C)(C)SO. The van der Waals surface area contributed by atoms with E-state index in [0.29, 0.717) is 0 Å². The molecule has 0 fully saturated rings. The summed E-state index contributed by atoms with van der Waals surface area (Å²) in [5.74, 6) is 0. The molecule has 0 bridgehead atoms. The Balaban J connectivity index is -0.0000000426. The van der Waals surface area contributed by atoms with Crippen molar-refractivity contribution in [2.45, 2.75) is 73.1 Å². The molecule has 0 aromatic carbocycles. The molecule has 0 radical (unpaired) electrons. The maximum atomic E-state index is 8.60. The minimum atomic E-state index is -0.208. The second kappa shape index (κ2) is 29.4. The molecule has 0 aliphatic rings. The number of rotatable bonds is 2. The lowest BCUT2D eigenvalue weighted by Crippen LogP contribution is -2.37. The average Bonchev–Trinajstić information content (AvgIpc) is 2.38. The zero-order valence-corrected chi connectivity index (χ0v) is 13.4. The second-order valence-corrected chi connectivity index (χ2v) is 3.72. The van der Waals surface area contributed by atoms with Crippen molar-refractivity contribution in [1.29, 1.82) is 0 Å². The van der Waals surface area contributed by atoms with Gasteiger partial charge in [-0.25, -0.2) is 0 Å². The fourth-order valence-electron chi connectivity index (χ4n) is 0.0831. The Morgan fingerprint density at radius 2 is 1.25 bits per heavy atom. The molecule has 0 rings (SSSR count). The van der Waals surface area contributed by atoms with Crippen LogP contribution in [0.4, 0.5) is 0 Å². The van der Waals surface area contributed by atoms with E-state index >= 15 is 0 Å². The molecule has 0 saturated carbocycles. The molecule has 16 heavy (non-hydrogen) atoms. The summed E-state index contributed by atoms with van der Waals surface area (Å²) in [7, 11) is 0. The summed E-state index contributed by atoms with van der Waals surface area (Å²) in [6.07, 6.45) is 0. The molecule has 3 nitrogen and oxygen atoms in total. The van der Waals surface area contributed by atoms with Crippen LogP contribution in [0.25, 0.3) is 0 Å². The van der Waals surface area contributed by atoms with E-state index in [0.717, 1.165) is 12.0 Å². The summed E-state index contributed by atoms with van der Waals surface area (Å²) in [6.45, 7) is 19.7. The van der Waals surface area contributed by atoms with E-state index in [4.69, 9.17) is 15.1 Å². The van der Waals surface area contributed by atoms with Gasteiger partial charge in [0.25, 0.3) is 0 Å². The second-order valence-electron chi connectivity index (χ2n) is 2.48. The number of hydrogen-bond acceptors (Lipinski definition) is 4. The predicted molar refractivity (Wildman–Crippen MR) is 79.1 cm³/mol. The van der Waals surface area contributed by atoms with Crippen molar-refractivity contribution >= 4 is 18.8 Å². The van der Waals surface area contributed by atoms with Gasteiger partial charge in [-0.2, -0.15) is 0 Å². The van der Waals surface area contributed by atoms with Gasteiger partial charge in [0.05, 0.1) is 4.75 Å². The third-order valence-corrected chi connectivity index (χ3v) is 2.17. The molecule has 4 heteroatoms. The molecule has 0 heterocycles. The summed E-state index contributed by atoms with van der Waals surface area (Å²) in [5, 5.41) is 0. The van der Waals surface area contributed by atoms with E-state index in [9.17, 15) is 0 Å². The maximum Gasteiger partial charge on any atom is 0.106 e. The van der Waals surface area contributed by atoms with Crippen LogP contribution >= 0.6 is 12.0 Å². The molecule has 1 unspecified atom stereocenters. The summed E-state index contributed by atoms with van der Waals surface area (Å²) < 4.78 is 8.39. The molecule has 1 atom stereocenters. The fourth-order valence-corrected chi connectivity index (χ4v) is 0.249. The molecule has 0 aliphatic heterocycles. The first-order chi connectivity index (χ1) is 7.50. The molecule has 0 aromatic rings. The predicted octanol–water partition coefficient (Wildman–Crippen LogP) is 4.21. The van der Waals surface area contributed by atoms with Crippen molar-refractivity contribution in [3.8, 4) is 0 Å². The van der Waals surface area contributed by atoms with Crippen LogP contribution in [0, 0.1) is 0 Å². The molecule has 104 valence electrons. The van der Waals surface area contributed by atoms with E-state index in [-0.39, 0.29) is 10.8 Å². The van der Waals surface area contributed by atoms with Crippen molar-refractivity contribution in [3.05, 3.63) is 0 Å². The summed E-state index contributed by atoms with van der Waals surface area (Å²) >= 11 is 0.810. The quantitative estimate of drug-likeness (QED) is 0.725. The van der Waals surface area contributed by atoms with E-state index in [1.165, 1.54) is 0 Å². The smallest absolute Gasteiger partial charge is 0.106 e. The van der Waals surface area contributed by atoms with Crippen LogP contribution in [-0.4, -0.2) is 22.1 Å². The summed E-state index contributed by atoms with van der Waals surface area (Å²) in [5.41, 5.74) is 5.50. The van der Waals surface area contributed by atoms with Crippen molar-refractivity contribution in [3.63, 3.8) is 0 Å². The van der Waals surface area contributed by atoms with Gasteiger partial charge in [-0.1, -0.05) is 41.5 Å².